The Kier molecular flexibility index (Phi) is 3.98. The van der Waals surface area contributed by atoms with E-state index in [9.17, 15) is 0 Å². The van der Waals surface area contributed by atoms with E-state index in [-0.39, 0.29) is 6.04 Å². The molecule has 2 aromatic rings. The monoisotopic (exact) mass is 280 g/mol. The van der Waals surface area contributed by atoms with E-state index in [1.165, 1.54) is 27.9 Å². The summed E-state index contributed by atoms with van der Waals surface area (Å²) in [6.45, 7) is 6.41. The first-order valence-corrected chi connectivity index (χ1v) is 7.81. The molecule has 0 aromatic heterocycles. The number of anilines is 1. The van der Waals surface area contributed by atoms with E-state index in [0.717, 1.165) is 25.9 Å². The molecule has 1 aliphatic rings. The van der Waals surface area contributed by atoms with Gasteiger partial charge in [-0.1, -0.05) is 42.0 Å². The Balaban J connectivity index is 1.95. The molecule has 0 aliphatic carbocycles. The van der Waals surface area contributed by atoms with Crippen LogP contribution in [-0.4, -0.2) is 6.54 Å². The van der Waals surface area contributed by atoms with E-state index in [1.807, 2.05) is 0 Å². The molecule has 2 nitrogen and oxygen atoms in total. The van der Waals surface area contributed by atoms with Gasteiger partial charge in [-0.3, -0.25) is 0 Å². The maximum Gasteiger partial charge on any atom is 0.0432 e. The zero-order valence-corrected chi connectivity index (χ0v) is 13.0. The van der Waals surface area contributed by atoms with Crippen LogP contribution in [0.5, 0.6) is 0 Å². The summed E-state index contributed by atoms with van der Waals surface area (Å²) in [6, 6.07) is 15.5. The molecule has 1 aliphatic heterocycles. The van der Waals surface area contributed by atoms with Crippen molar-refractivity contribution in [3.05, 3.63) is 64.7 Å². The minimum atomic E-state index is 0.171. The van der Waals surface area contributed by atoms with Gasteiger partial charge in [0.15, 0.2) is 0 Å². The largest absolute Gasteiger partial charge is 0.367 e. The molecule has 0 saturated heterocycles. The van der Waals surface area contributed by atoms with Gasteiger partial charge >= 0.3 is 0 Å². The Morgan fingerprint density at radius 1 is 1.14 bits per heavy atom. The van der Waals surface area contributed by atoms with E-state index in [0.29, 0.717) is 0 Å². The molecule has 2 N–H and O–H groups in total. The predicted octanol–water partition coefficient (Wildman–Crippen LogP) is 4.10. The molecule has 1 atom stereocenters. The van der Waals surface area contributed by atoms with Crippen molar-refractivity contribution in [2.24, 2.45) is 5.73 Å². The number of hydrogen-bond acceptors (Lipinski definition) is 2. The molecule has 0 amide bonds. The second-order valence-corrected chi connectivity index (χ2v) is 6.16. The first-order valence-electron chi connectivity index (χ1n) is 7.81. The minimum Gasteiger partial charge on any atom is -0.367 e. The third-order valence-electron chi connectivity index (χ3n) is 4.49. The van der Waals surface area contributed by atoms with Crippen LogP contribution in [0.25, 0.3) is 0 Å². The molecule has 0 radical (unpaired) electrons. The van der Waals surface area contributed by atoms with Crippen molar-refractivity contribution in [1.82, 2.24) is 0 Å². The SMILES string of the molecule is Cc1ccc(C)c(CN2CCCC(N)c3ccccc32)c1. The summed E-state index contributed by atoms with van der Waals surface area (Å²) in [4.78, 5) is 2.49. The average Bonchev–Trinajstić information content (AvgIpc) is 2.64. The number of benzene rings is 2. The van der Waals surface area contributed by atoms with E-state index in [4.69, 9.17) is 5.73 Å². The van der Waals surface area contributed by atoms with Gasteiger partial charge < -0.3 is 10.6 Å². The van der Waals surface area contributed by atoms with Crippen molar-refractivity contribution in [3.63, 3.8) is 0 Å². The van der Waals surface area contributed by atoms with Crippen LogP contribution in [0, 0.1) is 13.8 Å². The molecule has 2 aromatic carbocycles. The molecule has 0 bridgehead atoms. The third kappa shape index (κ3) is 2.96. The zero-order valence-electron chi connectivity index (χ0n) is 13.0. The van der Waals surface area contributed by atoms with Crippen molar-refractivity contribution in [2.45, 2.75) is 39.3 Å². The minimum absolute atomic E-state index is 0.171. The Labute approximate surface area is 127 Å². The fourth-order valence-electron chi connectivity index (χ4n) is 3.21. The zero-order chi connectivity index (χ0) is 14.8. The Morgan fingerprint density at radius 2 is 1.95 bits per heavy atom. The van der Waals surface area contributed by atoms with Gasteiger partial charge in [-0.2, -0.15) is 0 Å². The van der Waals surface area contributed by atoms with Gasteiger partial charge in [0.1, 0.15) is 0 Å². The second-order valence-electron chi connectivity index (χ2n) is 6.16. The molecule has 3 rings (SSSR count). The van der Waals surface area contributed by atoms with Crippen LogP contribution in [0.3, 0.4) is 0 Å². The fourth-order valence-corrected chi connectivity index (χ4v) is 3.21. The van der Waals surface area contributed by atoms with Crippen LogP contribution in [0.4, 0.5) is 5.69 Å². The number of nitrogens with two attached hydrogens (primary N) is 1. The van der Waals surface area contributed by atoms with Crippen molar-refractivity contribution < 1.29 is 0 Å². The molecule has 1 heterocycles. The number of para-hydroxylation sites is 1. The van der Waals surface area contributed by atoms with E-state index in [2.05, 4.69) is 61.2 Å². The average molecular weight is 280 g/mol. The lowest BCUT2D eigenvalue weighted by atomic mass is 10.0. The molecule has 2 heteroatoms. The summed E-state index contributed by atoms with van der Waals surface area (Å²) in [7, 11) is 0. The summed E-state index contributed by atoms with van der Waals surface area (Å²) >= 11 is 0. The summed E-state index contributed by atoms with van der Waals surface area (Å²) in [5, 5.41) is 0. The summed E-state index contributed by atoms with van der Waals surface area (Å²) in [5.74, 6) is 0. The van der Waals surface area contributed by atoms with Gasteiger partial charge in [0.2, 0.25) is 0 Å². The Morgan fingerprint density at radius 3 is 2.81 bits per heavy atom. The molecular weight excluding hydrogens is 256 g/mol. The first-order chi connectivity index (χ1) is 10.1. The van der Waals surface area contributed by atoms with Crippen LogP contribution >= 0.6 is 0 Å². The van der Waals surface area contributed by atoms with Gasteiger partial charge in [0, 0.05) is 24.8 Å². The molecule has 0 spiro atoms. The second kappa shape index (κ2) is 5.90. The lowest BCUT2D eigenvalue weighted by Crippen LogP contribution is -2.24. The Hall–Kier alpha value is -1.80. The lowest BCUT2D eigenvalue weighted by molar-refractivity contribution is 0.626. The van der Waals surface area contributed by atoms with Crippen molar-refractivity contribution >= 4 is 5.69 Å². The number of fused-ring (bicyclic) bond motifs is 1. The van der Waals surface area contributed by atoms with Crippen LogP contribution in [0.1, 0.15) is 41.1 Å². The fraction of sp³-hybridized carbons (Fsp3) is 0.368. The standard InChI is InChI=1S/C19H24N2/c1-14-9-10-15(2)16(12-14)13-21-11-5-7-18(20)17-6-3-4-8-19(17)21/h3-4,6,8-10,12,18H,5,7,11,13,20H2,1-2H3. The topological polar surface area (TPSA) is 29.3 Å². The predicted molar refractivity (Wildman–Crippen MR) is 89.6 cm³/mol. The highest BCUT2D eigenvalue weighted by Gasteiger charge is 2.20. The lowest BCUT2D eigenvalue weighted by Gasteiger charge is -2.26. The van der Waals surface area contributed by atoms with Crippen LogP contribution in [0.15, 0.2) is 42.5 Å². The number of hydrogen-bond donors (Lipinski definition) is 1. The highest BCUT2D eigenvalue weighted by atomic mass is 15.1. The number of aryl methyl sites for hydroxylation is 2. The summed E-state index contributed by atoms with van der Waals surface area (Å²) in [6.07, 6.45) is 2.22. The molecule has 21 heavy (non-hydrogen) atoms. The number of rotatable bonds is 2. The highest BCUT2D eigenvalue weighted by molar-refractivity contribution is 5.56. The summed E-state index contributed by atoms with van der Waals surface area (Å²) in [5.41, 5.74) is 13.0. The highest BCUT2D eigenvalue weighted by Crippen LogP contribution is 2.32. The molecule has 1 unspecified atom stereocenters. The molecular formula is C19H24N2. The van der Waals surface area contributed by atoms with Crippen LogP contribution in [-0.2, 0) is 6.54 Å². The molecule has 0 fully saturated rings. The van der Waals surface area contributed by atoms with Gasteiger partial charge in [-0.25, -0.2) is 0 Å². The van der Waals surface area contributed by atoms with E-state index in [1.54, 1.807) is 0 Å². The van der Waals surface area contributed by atoms with Gasteiger partial charge in [0.25, 0.3) is 0 Å². The maximum absolute atomic E-state index is 6.33. The number of nitrogens with zero attached hydrogens (tertiary/aromatic N) is 1. The van der Waals surface area contributed by atoms with E-state index >= 15 is 0 Å². The van der Waals surface area contributed by atoms with Gasteiger partial charge in [0.05, 0.1) is 0 Å². The molecule has 0 saturated carbocycles. The summed E-state index contributed by atoms with van der Waals surface area (Å²) < 4.78 is 0. The van der Waals surface area contributed by atoms with Crippen molar-refractivity contribution in [1.29, 1.82) is 0 Å². The van der Waals surface area contributed by atoms with Gasteiger partial charge in [-0.05, 0) is 49.4 Å². The molecule has 110 valence electrons. The van der Waals surface area contributed by atoms with Crippen molar-refractivity contribution in [2.75, 3.05) is 11.4 Å². The smallest absolute Gasteiger partial charge is 0.0432 e. The Bertz CT molecular complexity index is 633. The van der Waals surface area contributed by atoms with E-state index < -0.39 is 0 Å². The van der Waals surface area contributed by atoms with Gasteiger partial charge in [-0.15, -0.1) is 0 Å². The first kappa shape index (κ1) is 14.2. The van der Waals surface area contributed by atoms with Crippen LogP contribution in [0.2, 0.25) is 0 Å². The quantitative estimate of drug-likeness (QED) is 0.897. The van der Waals surface area contributed by atoms with Crippen LogP contribution < -0.4 is 10.6 Å². The maximum atomic E-state index is 6.33. The normalized spacial score (nSPS) is 18.2. The van der Waals surface area contributed by atoms with Crippen molar-refractivity contribution in [3.8, 4) is 0 Å². The third-order valence-corrected chi connectivity index (χ3v) is 4.49.